The van der Waals surface area contributed by atoms with Crippen LogP contribution in [0.1, 0.15) is 13.8 Å². The highest BCUT2D eigenvalue weighted by atomic mass is 32.2. The Morgan fingerprint density at radius 3 is 2.42 bits per heavy atom. The van der Waals surface area contributed by atoms with Crippen LogP contribution >= 0.6 is 0 Å². The summed E-state index contributed by atoms with van der Waals surface area (Å²) in [6.07, 6.45) is 0. The molecule has 0 aromatic carbocycles. The standard InChI is InChI=1S/C7H13NO3S/c1-5-6(2)12(10,11)4-7(9)8(5)3/h5-6H,4H2,1-3H3/t5?,6-/m0/s1. The van der Waals surface area contributed by atoms with E-state index in [1.165, 1.54) is 4.90 Å². The van der Waals surface area contributed by atoms with E-state index in [1.54, 1.807) is 20.9 Å². The molecule has 4 nitrogen and oxygen atoms in total. The molecule has 5 heteroatoms. The Kier molecular flexibility index (Phi) is 2.16. The monoisotopic (exact) mass is 191 g/mol. The first-order valence-corrected chi connectivity index (χ1v) is 5.55. The van der Waals surface area contributed by atoms with Gasteiger partial charge in [0.1, 0.15) is 5.75 Å². The van der Waals surface area contributed by atoms with Gasteiger partial charge in [0.15, 0.2) is 9.84 Å². The molecule has 0 N–H and O–H groups in total. The van der Waals surface area contributed by atoms with Crippen LogP contribution in [0.25, 0.3) is 0 Å². The molecule has 1 saturated heterocycles. The van der Waals surface area contributed by atoms with Gasteiger partial charge in [0.25, 0.3) is 0 Å². The smallest absolute Gasteiger partial charge is 0.237 e. The van der Waals surface area contributed by atoms with Gasteiger partial charge in [-0.25, -0.2) is 8.42 Å². The maximum Gasteiger partial charge on any atom is 0.237 e. The topological polar surface area (TPSA) is 54.5 Å². The van der Waals surface area contributed by atoms with Gasteiger partial charge in [-0.1, -0.05) is 0 Å². The number of carbonyl (C=O) groups is 1. The summed E-state index contributed by atoms with van der Waals surface area (Å²) >= 11 is 0. The van der Waals surface area contributed by atoms with Crippen LogP contribution in [0.3, 0.4) is 0 Å². The number of carbonyl (C=O) groups excluding carboxylic acids is 1. The Morgan fingerprint density at radius 2 is 1.92 bits per heavy atom. The third-order valence-electron chi connectivity index (χ3n) is 2.57. The highest BCUT2D eigenvalue weighted by Gasteiger charge is 2.38. The molecule has 1 unspecified atom stereocenters. The summed E-state index contributed by atoms with van der Waals surface area (Å²) in [6, 6.07) is -0.212. The second kappa shape index (κ2) is 2.73. The first-order chi connectivity index (χ1) is 5.36. The van der Waals surface area contributed by atoms with E-state index in [0.29, 0.717) is 0 Å². The Hall–Kier alpha value is -0.580. The van der Waals surface area contributed by atoms with Crippen molar-refractivity contribution in [1.82, 2.24) is 4.90 Å². The first kappa shape index (κ1) is 9.51. The molecule has 12 heavy (non-hydrogen) atoms. The minimum Gasteiger partial charge on any atom is -0.341 e. The highest BCUT2D eigenvalue weighted by molar-refractivity contribution is 7.92. The lowest BCUT2D eigenvalue weighted by atomic mass is 10.2. The molecule has 2 atom stereocenters. The fraction of sp³-hybridized carbons (Fsp3) is 0.857. The Morgan fingerprint density at radius 1 is 1.42 bits per heavy atom. The van der Waals surface area contributed by atoms with Gasteiger partial charge in [-0.3, -0.25) is 4.79 Å². The summed E-state index contributed by atoms with van der Waals surface area (Å²) in [5.74, 6) is -0.643. The van der Waals surface area contributed by atoms with E-state index >= 15 is 0 Å². The maximum absolute atomic E-state index is 11.3. The van der Waals surface area contributed by atoms with Gasteiger partial charge in [0.05, 0.1) is 5.25 Å². The summed E-state index contributed by atoms with van der Waals surface area (Å²) < 4.78 is 22.6. The SMILES string of the molecule is CC1[C@H](C)S(=O)(=O)CC(=O)N1C. The van der Waals surface area contributed by atoms with Crippen LogP contribution in [0.2, 0.25) is 0 Å². The molecular formula is C7H13NO3S. The van der Waals surface area contributed by atoms with Crippen LogP contribution in [-0.2, 0) is 14.6 Å². The molecule has 0 bridgehead atoms. The Bertz CT molecular complexity index is 296. The van der Waals surface area contributed by atoms with Crippen LogP contribution in [0.15, 0.2) is 0 Å². The zero-order valence-corrected chi connectivity index (χ0v) is 8.26. The van der Waals surface area contributed by atoms with Crippen molar-refractivity contribution in [2.24, 2.45) is 0 Å². The quantitative estimate of drug-likeness (QED) is 0.526. The molecule has 70 valence electrons. The molecule has 1 amide bonds. The van der Waals surface area contributed by atoms with Gasteiger partial charge in [-0.05, 0) is 13.8 Å². The summed E-state index contributed by atoms with van der Waals surface area (Å²) in [7, 11) is -1.55. The highest BCUT2D eigenvalue weighted by Crippen LogP contribution is 2.18. The van der Waals surface area contributed by atoms with Crippen molar-refractivity contribution in [1.29, 1.82) is 0 Å². The molecule has 0 aromatic rings. The Balaban J connectivity index is 3.01. The number of sulfone groups is 1. The second-order valence-electron chi connectivity index (χ2n) is 3.26. The molecule has 0 saturated carbocycles. The zero-order valence-electron chi connectivity index (χ0n) is 7.44. The summed E-state index contributed by atoms with van der Waals surface area (Å²) in [6.45, 7) is 3.39. The van der Waals surface area contributed by atoms with Crippen LogP contribution < -0.4 is 0 Å². The molecule has 1 aliphatic rings. The second-order valence-corrected chi connectivity index (χ2v) is 5.62. The van der Waals surface area contributed by atoms with Gasteiger partial charge in [-0.15, -0.1) is 0 Å². The van der Waals surface area contributed by atoms with E-state index in [0.717, 1.165) is 0 Å². The van der Waals surface area contributed by atoms with E-state index in [2.05, 4.69) is 0 Å². The predicted octanol–water partition coefficient (Wildman–Crippen LogP) is -0.350. The zero-order chi connectivity index (χ0) is 9.52. The molecule has 0 aromatic heterocycles. The van der Waals surface area contributed by atoms with E-state index < -0.39 is 15.1 Å². The van der Waals surface area contributed by atoms with E-state index in [-0.39, 0.29) is 17.7 Å². The molecule has 0 spiro atoms. The van der Waals surface area contributed by atoms with Crippen molar-refractivity contribution in [2.75, 3.05) is 12.8 Å². The lowest BCUT2D eigenvalue weighted by molar-refractivity contribution is -0.129. The molecule has 0 radical (unpaired) electrons. The lowest BCUT2D eigenvalue weighted by Gasteiger charge is -2.34. The van der Waals surface area contributed by atoms with Crippen molar-refractivity contribution >= 4 is 15.7 Å². The number of rotatable bonds is 0. The van der Waals surface area contributed by atoms with Gasteiger partial charge in [0.2, 0.25) is 5.91 Å². The maximum atomic E-state index is 11.3. The third-order valence-corrected chi connectivity index (χ3v) is 4.75. The van der Waals surface area contributed by atoms with E-state index in [4.69, 9.17) is 0 Å². The molecule has 1 heterocycles. The average Bonchev–Trinajstić information content (AvgIpc) is 1.97. The van der Waals surface area contributed by atoms with Crippen molar-refractivity contribution in [3.63, 3.8) is 0 Å². The van der Waals surface area contributed by atoms with Gasteiger partial charge < -0.3 is 4.90 Å². The number of hydrogen-bond acceptors (Lipinski definition) is 3. The van der Waals surface area contributed by atoms with Gasteiger partial charge in [0, 0.05) is 13.1 Å². The largest absolute Gasteiger partial charge is 0.341 e. The summed E-state index contributed by atoms with van der Waals surface area (Å²) in [5, 5.41) is -0.444. The van der Waals surface area contributed by atoms with E-state index in [9.17, 15) is 13.2 Å². The molecular weight excluding hydrogens is 178 g/mol. The molecule has 1 rings (SSSR count). The van der Waals surface area contributed by atoms with Crippen LogP contribution in [0, 0.1) is 0 Å². The number of hydrogen-bond donors (Lipinski definition) is 0. The molecule has 1 fully saturated rings. The first-order valence-electron chi connectivity index (χ1n) is 3.83. The predicted molar refractivity (Wildman–Crippen MR) is 45.5 cm³/mol. The van der Waals surface area contributed by atoms with Crippen LogP contribution in [0.5, 0.6) is 0 Å². The summed E-state index contributed by atoms with van der Waals surface area (Å²) in [4.78, 5) is 12.6. The van der Waals surface area contributed by atoms with E-state index in [1.807, 2.05) is 0 Å². The molecule has 0 aliphatic carbocycles. The average molecular weight is 191 g/mol. The van der Waals surface area contributed by atoms with Crippen LogP contribution in [-0.4, -0.2) is 43.3 Å². The minimum absolute atomic E-state index is 0.212. The Labute approximate surface area is 72.5 Å². The third kappa shape index (κ3) is 1.33. The fourth-order valence-electron chi connectivity index (χ4n) is 1.25. The van der Waals surface area contributed by atoms with Crippen molar-refractivity contribution < 1.29 is 13.2 Å². The fourth-order valence-corrected chi connectivity index (χ4v) is 2.84. The van der Waals surface area contributed by atoms with Gasteiger partial charge >= 0.3 is 0 Å². The lowest BCUT2D eigenvalue weighted by Crippen LogP contribution is -2.53. The minimum atomic E-state index is -3.18. The van der Waals surface area contributed by atoms with Crippen molar-refractivity contribution in [3.8, 4) is 0 Å². The van der Waals surface area contributed by atoms with Crippen molar-refractivity contribution in [2.45, 2.75) is 25.1 Å². The number of amides is 1. The normalized spacial score (nSPS) is 35.2. The number of nitrogens with zero attached hydrogens (tertiary/aromatic N) is 1. The van der Waals surface area contributed by atoms with Crippen LogP contribution in [0.4, 0.5) is 0 Å². The molecule has 1 aliphatic heterocycles. The summed E-state index contributed by atoms with van der Waals surface area (Å²) in [5.41, 5.74) is 0. The van der Waals surface area contributed by atoms with Crippen molar-refractivity contribution in [3.05, 3.63) is 0 Å². The van der Waals surface area contributed by atoms with Gasteiger partial charge in [-0.2, -0.15) is 0 Å².